The molecule has 0 aromatic heterocycles. The molecule has 0 bridgehead atoms. The molecule has 0 saturated carbocycles. The molecule has 2 aromatic rings. The highest BCUT2D eigenvalue weighted by Gasteiger charge is 2.50. The van der Waals surface area contributed by atoms with Crippen LogP contribution in [-0.2, 0) is 15.1 Å². The molecule has 28 heavy (non-hydrogen) atoms. The Morgan fingerprint density at radius 2 is 1.86 bits per heavy atom. The first-order chi connectivity index (χ1) is 13.2. The van der Waals surface area contributed by atoms with Crippen LogP contribution in [-0.4, -0.2) is 41.3 Å². The van der Waals surface area contributed by atoms with Gasteiger partial charge >= 0.3 is 6.03 Å². The molecular formula is C19H18N4O5. The van der Waals surface area contributed by atoms with Gasteiger partial charge in [0.15, 0.2) is 0 Å². The number of rotatable bonds is 5. The maximum Gasteiger partial charge on any atom is 0.325 e. The number of nitro groups is 1. The molecule has 0 aliphatic carbocycles. The van der Waals surface area contributed by atoms with Gasteiger partial charge in [-0.15, -0.1) is 0 Å². The van der Waals surface area contributed by atoms with E-state index in [4.69, 9.17) is 0 Å². The van der Waals surface area contributed by atoms with Crippen LogP contribution in [0.15, 0.2) is 54.6 Å². The molecule has 1 atom stereocenters. The molecule has 0 radical (unpaired) electrons. The van der Waals surface area contributed by atoms with Gasteiger partial charge in [-0.05, 0) is 24.6 Å². The Morgan fingerprint density at radius 1 is 1.18 bits per heavy atom. The molecule has 4 amide bonds. The van der Waals surface area contributed by atoms with Crippen LogP contribution in [0.4, 0.5) is 16.2 Å². The number of nitrogens with zero attached hydrogens (tertiary/aromatic N) is 3. The topological polar surface area (TPSA) is 113 Å². The summed E-state index contributed by atoms with van der Waals surface area (Å²) >= 11 is 0. The van der Waals surface area contributed by atoms with E-state index in [1.54, 1.807) is 31.3 Å². The first-order valence-electron chi connectivity index (χ1n) is 8.44. The summed E-state index contributed by atoms with van der Waals surface area (Å²) in [6.07, 6.45) is 0. The van der Waals surface area contributed by atoms with Crippen molar-refractivity contribution in [2.24, 2.45) is 0 Å². The van der Waals surface area contributed by atoms with E-state index in [1.807, 2.05) is 6.07 Å². The fraction of sp³-hybridized carbons (Fsp3) is 0.211. The molecule has 1 saturated heterocycles. The Bertz CT molecular complexity index is 962. The van der Waals surface area contributed by atoms with Crippen LogP contribution in [0.1, 0.15) is 12.5 Å². The lowest BCUT2D eigenvalue weighted by atomic mass is 9.91. The Labute approximate surface area is 160 Å². The molecule has 1 aliphatic heterocycles. The van der Waals surface area contributed by atoms with Crippen LogP contribution in [0.3, 0.4) is 0 Å². The first kappa shape index (κ1) is 19.0. The van der Waals surface area contributed by atoms with Crippen molar-refractivity contribution in [1.82, 2.24) is 10.2 Å². The van der Waals surface area contributed by atoms with Crippen LogP contribution in [0.5, 0.6) is 0 Å². The number of imide groups is 1. The van der Waals surface area contributed by atoms with Gasteiger partial charge in [0.2, 0.25) is 5.91 Å². The minimum absolute atomic E-state index is 0.195. The lowest BCUT2D eigenvalue weighted by molar-refractivity contribution is -0.385. The zero-order valence-electron chi connectivity index (χ0n) is 15.3. The Balaban J connectivity index is 1.82. The fourth-order valence-electron chi connectivity index (χ4n) is 3.00. The maximum absolute atomic E-state index is 12.9. The lowest BCUT2D eigenvalue weighted by Crippen LogP contribution is -2.43. The molecule has 1 N–H and O–H groups in total. The van der Waals surface area contributed by atoms with E-state index < -0.39 is 34.9 Å². The van der Waals surface area contributed by atoms with Crippen LogP contribution >= 0.6 is 0 Å². The Morgan fingerprint density at radius 3 is 2.50 bits per heavy atom. The summed E-state index contributed by atoms with van der Waals surface area (Å²) < 4.78 is 0. The van der Waals surface area contributed by atoms with E-state index in [0.717, 1.165) is 4.90 Å². The second-order valence-electron chi connectivity index (χ2n) is 6.54. The summed E-state index contributed by atoms with van der Waals surface area (Å²) in [6, 6.07) is 13.6. The predicted molar refractivity (Wildman–Crippen MR) is 101 cm³/mol. The number of non-ortho nitro benzene ring substituents is 1. The highest BCUT2D eigenvalue weighted by atomic mass is 16.6. The quantitative estimate of drug-likeness (QED) is 0.483. The fourth-order valence-corrected chi connectivity index (χ4v) is 3.00. The monoisotopic (exact) mass is 382 g/mol. The number of anilines is 1. The second-order valence-corrected chi connectivity index (χ2v) is 6.54. The van der Waals surface area contributed by atoms with Crippen molar-refractivity contribution in [2.45, 2.75) is 12.5 Å². The van der Waals surface area contributed by atoms with Crippen molar-refractivity contribution < 1.29 is 19.3 Å². The number of carbonyl (C=O) groups is 3. The van der Waals surface area contributed by atoms with E-state index in [2.05, 4.69) is 5.32 Å². The number of nitrogens with one attached hydrogen (secondary N) is 1. The van der Waals surface area contributed by atoms with Crippen molar-refractivity contribution in [2.75, 3.05) is 18.5 Å². The average Bonchev–Trinajstić information content (AvgIpc) is 2.92. The zero-order chi connectivity index (χ0) is 20.5. The Kier molecular flexibility index (Phi) is 4.83. The number of urea groups is 1. The summed E-state index contributed by atoms with van der Waals surface area (Å²) in [5, 5.41) is 13.6. The van der Waals surface area contributed by atoms with E-state index in [-0.39, 0.29) is 11.3 Å². The van der Waals surface area contributed by atoms with Gasteiger partial charge in [0.1, 0.15) is 12.1 Å². The van der Waals surface area contributed by atoms with Crippen molar-refractivity contribution in [3.05, 3.63) is 70.3 Å². The second kappa shape index (κ2) is 7.10. The van der Waals surface area contributed by atoms with Gasteiger partial charge in [-0.2, -0.15) is 0 Å². The smallest absolute Gasteiger partial charge is 0.319 e. The number of nitro benzene ring substituents is 1. The van der Waals surface area contributed by atoms with E-state index >= 15 is 0 Å². The van der Waals surface area contributed by atoms with Crippen molar-refractivity contribution in [3.63, 3.8) is 0 Å². The zero-order valence-corrected chi connectivity index (χ0v) is 15.3. The average molecular weight is 382 g/mol. The lowest BCUT2D eigenvalue weighted by Gasteiger charge is -2.23. The van der Waals surface area contributed by atoms with Crippen LogP contribution in [0.2, 0.25) is 0 Å². The standard InChI is InChI=1S/C19H18N4O5/c1-19(13-7-6-10-15(11-13)23(27)28)17(25)22(18(26)20-19)12-16(24)21(2)14-8-4-3-5-9-14/h3-11H,12H2,1-2H3,(H,20,26). The molecule has 1 heterocycles. The van der Waals surface area contributed by atoms with Crippen LogP contribution in [0, 0.1) is 10.1 Å². The summed E-state index contributed by atoms with van der Waals surface area (Å²) in [7, 11) is 1.55. The van der Waals surface area contributed by atoms with E-state index in [9.17, 15) is 24.5 Å². The maximum atomic E-state index is 12.9. The minimum atomic E-state index is -1.49. The van der Waals surface area contributed by atoms with Crippen molar-refractivity contribution in [3.8, 4) is 0 Å². The molecule has 3 rings (SSSR count). The third kappa shape index (κ3) is 3.29. The molecule has 1 fully saturated rings. The number of amides is 4. The molecule has 9 heteroatoms. The number of hydrogen-bond donors (Lipinski definition) is 1. The minimum Gasteiger partial charge on any atom is -0.319 e. The van der Waals surface area contributed by atoms with Gasteiger partial charge in [-0.25, -0.2) is 4.79 Å². The van der Waals surface area contributed by atoms with E-state index in [0.29, 0.717) is 5.69 Å². The number of carbonyl (C=O) groups excluding carboxylic acids is 3. The molecule has 2 aromatic carbocycles. The van der Waals surface area contributed by atoms with Crippen LogP contribution < -0.4 is 10.2 Å². The predicted octanol–water partition coefficient (Wildman–Crippen LogP) is 2.02. The van der Waals surface area contributed by atoms with Crippen LogP contribution in [0.25, 0.3) is 0 Å². The summed E-state index contributed by atoms with van der Waals surface area (Å²) in [5.74, 6) is -1.09. The van der Waals surface area contributed by atoms with Gasteiger partial charge in [-0.1, -0.05) is 30.3 Å². The largest absolute Gasteiger partial charge is 0.325 e. The Hall–Kier alpha value is -3.75. The first-order valence-corrected chi connectivity index (χ1v) is 8.44. The van der Waals surface area contributed by atoms with Gasteiger partial charge in [0.25, 0.3) is 11.6 Å². The third-order valence-electron chi connectivity index (χ3n) is 4.72. The molecule has 1 aliphatic rings. The number of hydrogen-bond acceptors (Lipinski definition) is 5. The van der Waals surface area contributed by atoms with Gasteiger partial charge in [0, 0.05) is 24.9 Å². The van der Waals surface area contributed by atoms with Crippen molar-refractivity contribution in [1.29, 1.82) is 0 Å². The van der Waals surface area contributed by atoms with Gasteiger partial charge < -0.3 is 10.2 Å². The highest BCUT2D eigenvalue weighted by molar-refractivity contribution is 6.10. The summed E-state index contributed by atoms with van der Waals surface area (Å²) in [6.45, 7) is 1.01. The molecule has 0 spiro atoms. The normalized spacial score (nSPS) is 18.7. The SMILES string of the molecule is CN(C(=O)CN1C(=O)NC(C)(c2cccc([N+](=O)[O-])c2)C1=O)c1ccccc1. The van der Waals surface area contributed by atoms with Gasteiger partial charge in [0.05, 0.1) is 4.92 Å². The van der Waals surface area contributed by atoms with Gasteiger partial charge in [-0.3, -0.25) is 24.6 Å². The number of likely N-dealkylation sites (N-methyl/N-ethyl adjacent to an activating group) is 1. The molecule has 9 nitrogen and oxygen atoms in total. The third-order valence-corrected chi connectivity index (χ3v) is 4.72. The summed E-state index contributed by atoms with van der Waals surface area (Å²) in [5.41, 5.74) is -0.791. The molecular weight excluding hydrogens is 364 g/mol. The molecule has 1 unspecified atom stereocenters. The summed E-state index contributed by atoms with van der Waals surface area (Å²) in [4.78, 5) is 50.4. The molecule has 144 valence electrons. The van der Waals surface area contributed by atoms with Crippen molar-refractivity contribution >= 4 is 29.2 Å². The highest BCUT2D eigenvalue weighted by Crippen LogP contribution is 2.31. The number of para-hydroxylation sites is 1. The van der Waals surface area contributed by atoms with E-state index in [1.165, 1.54) is 36.1 Å². The number of benzene rings is 2.